The Kier molecular flexibility index (Phi) is 5.58. The lowest BCUT2D eigenvalue weighted by atomic mass is 9.89. The van der Waals surface area contributed by atoms with Crippen LogP contribution in [0.1, 0.15) is 0 Å². The van der Waals surface area contributed by atoms with Crippen LogP contribution in [0.15, 0.2) is 144 Å². The van der Waals surface area contributed by atoms with E-state index < -0.39 is 0 Å². The molecule has 0 fully saturated rings. The van der Waals surface area contributed by atoms with Crippen molar-refractivity contribution in [1.29, 1.82) is 0 Å². The molecule has 7 aromatic carbocycles. The van der Waals surface area contributed by atoms with Crippen molar-refractivity contribution < 1.29 is 0 Å². The summed E-state index contributed by atoms with van der Waals surface area (Å²) in [6.45, 7) is 0. The Bertz CT molecular complexity index is 2210. The molecule has 0 aliphatic heterocycles. The Balaban J connectivity index is 1.50. The van der Waals surface area contributed by atoms with Crippen molar-refractivity contribution in [2.24, 2.45) is 0 Å². The first-order valence-corrected chi connectivity index (χ1v) is 15.1. The molecular weight excluding hydrogens is 568 g/mol. The van der Waals surface area contributed by atoms with Gasteiger partial charge in [0.05, 0.1) is 0 Å². The van der Waals surface area contributed by atoms with Gasteiger partial charge in [-0.3, -0.25) is 0 Å². The zero-order valence-corrected chi connectivity index (χ0v) is 24.0. The summed E-state index contributed by atoms with van der Waals surface area (Å²) >= 11 is 5.93. The molecule has 0 unspecified atom stereocenters. The summed E-state index contributed by atoms with van der Waals surface area (Å²) < 4.78 is 3.76. The molecule has 1 heterocycles. The van der Waals surface area contributed by atoms with Gasteiger partial charge in [-0.15, -0.1) is 11.3 Å². The van der Waals surface area contributed by atoms with Gasteiger partial charge in [0.2, 0.25) is 0 Å². The molecule has 0 bridgehead atoms. The van der Waals surface area contributed by atoms with E-state index in [1.54, 1.807) is 0 Å². The van der Waals surface area contributed by atoms with Crippen LogP contribution in [0.2, 0.25) is 0 Å². The molecule has 0 spiro atoms. The molecule has 8 aromatic rings. The maximum Gasteiger partial charge on any atom is 0.0440 e. The summed E-state index contributed by atoms with van der Waals surface area (Å²) in [4.78, 5) is 0. The zero-order chi connectivity index (χ0) is 26.6. The van der Waals surface area contributed by atoms with Crippen molar-refractivity contribution in [3.05, 3.63) is 144 Å². The van der Waals surface area contributed by atoms with Gasteiger partial charge in [0.15, 0.2) is 0 Å². The highest BCUT2D eigenvalue weighted by atomic mass is 79.9. The first kappa shape index (κ1) is 23.6. The van der Waals surface area contributed by atoms with Gasteiger partial charge in [0.25, 0.3) is 0 Å². The fraction of sp³-hybridized carbons (Fsp3) is 0. The molecule has 0 N–H and O–H groups in total. The van der Waals surface area contributed by atoms with Crippen molar-refractivity contribution in [2.45, 2.75) is 0 Å². The third-order valence-corrected chi connectivity index (χ3v) is 9.77. The topological polar surface area (TPSA) is 0 Å². The Labute approximate surface area is 245 Å². The predicted molar refractivity (Wildman–Crippen MR) is 178 cm³/mol. The van der Waals surface area contributed by atoms with Crippen molar-refractivity contribution in [3.63, 3.8) is 0 Å². The molecule has 0 saturated heterocycles. The van der Waals surface area contributed by atoms with Crippen molar-refractivity contribution in [3.8, 4) is 33.4 Å². The molecule has 0 saturated carbocycles. The van der Waals surface area contributed by atoms with Gasteiger partial charge in [-0.05, 0) is 73.6 Å². The maximum absolute atomic E-state index is 4.03. The molecule has 188 valence electrons. The van der Waals surface area contributed by atoms with Crippen LogP contribution in [0.4, 0.5) is 0 Å². The standard InChI is InChI=1S/C38H23BrS/c39-34-23-31(25-13-5-2-6-14-25)30(24-11-3-1-4-12-24)22-32(34)33-21-27-16-8-10-18-29(27)37-36-28-17-9-7-15-26(28)19-20-35(36)40-38(33)37/h1-23H. The number of hydrogen-bond donors (Lipinski definition) is 0. The Morgan fingerprint density at radius 3 is 1.70 bits per heavy atom. The molecule has 0 nitrogen and oxygen atoms in total. The lowest BCUT2D eigenvalue weighted by Gasteiger charge is -2.16. The molecule has 0 aliphatic carbocycles. The van der Waals surface area contributed by atoms with E-state index in [0.29, 0.717) is 0 Å². The van der Waals surface area contributed by atoms with Crippen molar-refractivity contribution >= 4 is 69.0 Å². The molecule has 1 aromatic heterocycles. The summed E-state index contributed by atoms with van der Waals surface area (Å²) in [5, 5.41) is 7.88. The van der Waals surface area contributed by atoms with E-state index in [4.69, 9.17) is 0 Å². The highest BCUT2D eigenvalue weighted by Gasteiger charge is 2.20. The summed E-state index contributed by atoms with van der Waals surface area (Å²) in [7, 11) is 0. The molecule has 0 atom stereocenters. The first-order chi connectivity index (χ1) is 19.8. The highest BCUT2D eigenvalue weighted by Crippen LogP contribution is 2.49. The van der Waals surface area contributed by atoms with E-state index in [9.17, 15) is 0 Å². The second-order valence-corrected chi connectivity index (χ2v) is 12.1. The molecular formula is C38H23BrS. The third kappa shape index (κ3) is 3.71. The normalized spacial score (nSPS) is 11.6. The largest absolute Gasteiger partial charge is 0.134 e. The second kappa shape index (κ2) is 9.45. The Morgan fingerprint density at radius 1 is 0.425 bits per heavy atom. The van der Waals surface area contributed by atoms with Crippen molar-refractivity contribution in [2.75, 3.05) is 0 Å². The van der Waals surface area contributed by atoms with Crippen molar-refractivity contribution in [1.82, 2.24) is 0 Å². The van der Waals surface area contributed by atoms with E-state index in [1.807, 2.05) is 11.3 Å². The van der Waals surface area contributed by atoms with Gasteiger partial charge in [-0.2, -0.15) is 0 Å². The first-order valence-electron chi connectivity index (χ1n) is 13.5. The van der Waals surface area contributed by atoms with E-state index >= 15 is 0 Å². The molecule has 0 aliphatic rings. The smallest absolute Gasteiger partial charge is 0.0440 e. The number of thiophene rings is 1. The average Bonchev–Trinajstić information content (AvgIpc) is 3.42. The average molecular weight is 592 g/mol. The predicted octanol–water partition coefficient (Wildman–Crippen LogP) is 12.1. The molecule has 0 amide bonds. The van der Waals surface area contributed by atoms with Gasteiger partial charge in [-0.25, -0.2) is 0 Å². The van der Waals surface area contributed by atoms with Crippen LogP contribution in [0.3, 0.4) is 0 Å². The third-order valence-electron chi connectivity index (χ3n) is 7.92. The van der Waals surface area contributed by atoms with E-state index in [0.717, 1.165) is 4.47 Å². The molecule has 40 heavy (non-hydrogen) atoms. The minimum atomic E-state index is 1.10. The van der Waals surface area contributed by atoms with Crippen LogP contribution in [-0.4, -0.2) is 0 Å². The number of fused-ring (bicyclic) bond motifs is 7. The van der Waals surface area contributed by atoms with Gasteiger partial charge < -0.3 is 0 Å². The number of rotatable bonds is 3. The van der Waals surface area contributed by atoms with Crippen LogP contribution in [0.5, 0.6) is 0 Å². The maximum atomic E-state index is 4.03. The lowest BCUT2D eigenvalue weighted by molar-refractivity contribution is 1.55. The Hall–Kier alpha value is -4.24. The molecule has 2 heteroatoms. The fourth-order valence-electron chi connectivity index (χ4n) is 6.08. The quantitative estimate of drug-likeness (QED) is 0.192. The Morgan fingerprint density at radius 2 is 1.00 bits per heavy atom. The molecule has 0 radical (unpaired) electrons. The van der Waals surface area contributed by atoms with Crippen LogP contribution >= 0.6 is 27.3 Å². The van der Waals surface area contributed by atoms with E-state index in [1.165, 1.54) is 75.1 Å². The van der Waals surface area contributed by atoms with E-state index in [-0.39, 0.29) is 0 Å². The van der Waals surface area contributed by atoms with Gasteiger partial charge >= 0.3 is 0 Å². The van der Waals surface area contributed by atoms with Crippen LogP contribution in [0.25, 0.3) is 75.1 Å². The number of hydrogen-bond acceptors (Lipinski definition) is 1. The second-order valence-electron chi connectivity index (χ2n) is 10.2. The fourth-order valence-corrected chi connectivity index (χ4v) is 7.90. The lowest BCUT2D eigenvalue weighted by Crippen LogP contribution is -1.90. The minimum Gasteiger partial charge on any atom is -0.134 e. The van der Waals surface area contributed by atoms with Gasteiger partial charge in [0, 0.05) is 30.2 Å². The summed E-state index contributed by atoms with van der Waals surface area (Å²) in [5.41, 5.74) is 7.37. The van der Waals surface area contributed by atoms with Gasteiger partial charge in [0.1, 0.15) is 0 Å². The monoisotopic (exact) mass is 590 g/mol. The van der Waals surface area contributed by atoms with Crippen LogP contribution in [-0.2, 0) is 0 Å². The highest BCUT2D eigenvalue weighted by molar-refractivity contribution is 9.10. The summed E-state index contributed by atoms with van der Waals surface area (Å²) in [6, 6.07) is 50.6. The summed E-state index contributed by atoms with van der Waals surface area (Å²) in [6.07, 6.45) is 0. The molecule has 8 rings (SSSR count). The van der Waals surface area contributed by atoms with Gasteiger partial charge in [-0.1, -0.05) is 131 Å². The van der Waals surface area contributed by atoms with E-state index in [2.05, 4.69) is 155 Å². The minimum absolute atomic E-state index is 1.10. The number of halogens is 1. The SMILES string of the molecule is Brc1cc(-c2ccccc2)c(-c2ccccc2)cc1-c1cc2ccccc2c2c1sc1ccc3ccccc3c12. The summed E-state index contributed by atoms with van der Waals surface area (Å²) in [5.74, 6) is 0. The number of benzene rings is 7. The van der Waals surface area contributed by atoms with Crippen LogP contribution < -0.4 is 0 Å². The van der Waals surface area contributed by atoms with Crippen LogP contribution in [0, 0.1) is 0 Å². The zero-order valence-electron chi connectivity index (χ0n) is 21.6.